The molecule has 1 aromatic heterocycles. The van der Waals surface area contributed by atoms with E-state index in [1.807, 2.05) is 12.1 Å². The molecule has 2 rings (SSSR count). The highest BCUT2D eigenvalue weighted by Gasteiger charge is 2.08. The summed E-state index contributed by atoms with van der Waals surface area (Å²) in [5.74, 6) is 0.615. The zero-order valence-electron chi connectivity index (χ0n) is 13.4. The third kappa shape index (κ3) is 5.11. The molecule has 0 aliphatic carbocycles. The number of hydrogen-bond donors (Lipinski definition) is 1. The SMILES string of the molecule is Cc1cccc(CCNC(=O)CN(C)c2ccc(C#N)cn2)c1. The maximum absolute atomic E-state index is 12.0. The van der Waals surface area contributed by atoms with Crippen LogP contribution >= 0.6 is 0 Å². The molecule has 0 bridgehead atoms. The summed E-state index contributed by atoms with van der Waals surface area (Å²) >= 11 is 0. The maximum Gasteiger partial charge on any atom is 0.239 e. The quantitative estimate of drug-likeness (QED) is 0.887. The summed E-state index contributed by atoms with van der Waals surface area (Å²) in [7, 11) is 1.80. The van der Waals surface area contributed by atoms with Gasteiger partial charge in [-0.05, 0) is 31.0 Å². The summed E-state index contributed by atoms with van der Waals surface area (Å²) in [4.78, 5) is 17.9. The van der Waals surface area contributed by atoms with Crippen molar-refractivity contribution in [1.29, 1.82) is 5.26 Å². The molecule has 118 valence electrons. The molecule has 23 heavy (non-hydrogen) atoms. The number of anilines is 1. The maximum atomic E-state index is 12.0. The predicted molar refractivity (Wildman–Crippen MR) is 90.1 cm³/mol. The molecule has 0 fully saturated rings. The van der Waals surface area contributed by atoms with Gasteiger partial charge in [0, 0.05) is 19.8 Å². The molecule has 0 saturated carbocycles. The lowest BCUT2D eigenvalue weighted by Crippen LogP contribution is -2.36. The van der Waals surface area contributed by atoms with Gasteiger partial charge in [-0.15, -0.1) is 0 Å². The molecule has 5 nitrogen and oxygen atoms in total. The highest BCUT2D eigenvalue weighted by Crippen LogP contribution is 2.08. The van der Waals surface area contributed by atoms with Crippen LogP contribution in [0.15, 0.2) is 42.6 Å². The van der Waals surface area contributed by atoms with Crippen LogP contribution in [-0.4, -0.2) is 31.0 Å². The lowest BCUT2D eigenvalue weighted by atomic mass is 10.1. The molecule has 0 aliphatic heterocycles. The van der Waals surface area contributed by atoms with Gasteiger partial charge in [-0.3, -0.25) is 4.79 Å². The van der Waals surface area contributed by atoms with Crippen LogP contribution in [0, 0.1) is 18.3 Å². The molecule has 5 heteroatoms. The van der Waals surface area contributed by atoms with Gasteiger partial charge >= 0.3 is 0 Å². The number of carbonyl (C=O) groups is 1. The fraction of sp³-hybridized carbons (Fsp3) is 0.278. The summed E-state index contributed by atoms with van der Waals surface area (Å²) < 4.78 is 0. The largest absolute Gasteiger partial charge is 0.354 e. The molecule has 0 radical (unpaired) electrons. The highest BCUT2D eigenvalue weighted by atomic mass is 16.2. The summed E-state index contributed by atoms with van der Waals surface area (Å²) in [6.45, 7) is 2.89. The molecular formula is C18H20N4O. The zero-order chi connectivity index (χ0) is 16.7. The van der Waals surface area contributed by atoms with Crippen molar-refractivity contribution in [2.45, 2.75) is 13.3 Å². The molecule has 0 unspecified atom stereocenters. The molecule has 1 aromatic carbocycles. The minimum atomic E-state index is -0.0497. The second-order valence-corrected chi connectivity index (χ2v) is 5.46. The zero-order valence-corrected chi connectivity index (χ0v) is 13.4. The van der Waals surface area contributed by atoms with Gasteiger partial charge in [0.25, 0.3) is 0 Å². The van der Waals surface area contributed by atoms with Crippen LogP contribution in [0.5, 0.6) is 0 Å². The van der Waals surface area contributed by atoms with Gasteiger partial charge < -0.3 is 10.2 Å². The van der Waals surface area contributed by atoms with E-state index < -0.39 is 0 Å². The monoisotopic (exact) mass is 308 g/mol. The third-order valence-electron chi connectivity index (χ3n) is 3.47. The van der Waals surface area contributed by atoms with Gasteiger partial charge in [0.05, 0.1) is 12.1 Å². The standard InChI is InChI=1S/C18H20N4O/c1-14-4-3-5-15(10-14)8-9-20-18(23)13-22(2)17-7-6-16(11-19)12-21-17/h3-7,10,12H,8-9,13H2,1-2H3,(H,20,23). The lowest BCUT2D eigenvalue weighted by molar-refractivity contribution is -0.119. The Morgan fingerprint density at radius 1 is 1.35 bits per heavy atom. The molecule has 0 saturated heterocycles. The number of carbonyl (C=O) groups excluding carboxylic acids is 1. The topological polar surface area (TPSA) is 69.0 Å². The average Bonchev–Trinajstić information content (AvgIpc) is 2.55. The van der Waals surface area contributed by atoms with E-state index in [9.17, 15) is 4.79 Å². The van der Waals surface area contributed by atoms with Crippen molar-refractivity contribution in [3.05, 3.63) is 59.3 Å². The molecule has 0 atom stereocenters. The van der Waals surface area contributed by atoms with Crippen LogP contribution in [0.2, 0.25) is 0 Å². The van der Waals surface area contributed by atoms with E-state index in [-0.39, 0.29) is 12.5 Å². The van der Waals surface area contributed by atoms with Crippen molar-refractivity contribution in [3.8, 4) is 6.07 Å². The van der Waals surface area contributed by atoms with Crippen molar-refractivity contribution in [2.24, 2.45) is 0 Å². The first-order chi connectivity index (χ1) is 11.1. The van der Waals surface area contributed by atoms with E-state index in [4.69, 9.17) is 5.26 Å². The van der Waals surface area contributed by atoms with E-state index >= 15 is 0 Å². The van der Waals surface area contributed by atoms with E-state index in [0.29, 0.717) is 17.9 Å². The van der Waals surface area contributed by atoms with Crippen molar-refractivity contribution in [2.75, 3.05) is 25.0 Å². The van der Waals surface area contributed by atoms with E-state index in [0.717, 1.165) is 6.42 Å². The van der Waals surface area contributed by atoms with Gasteiger partial charge in [0.15, 0.2) is 0 Å². The normalized spacial score (nSPS) is 9.96. The van der Waals surface area contributed by atoms with Crippen LogP contribution in [-0.2, 0) is 11.2 Å². The van der Waals surface area contributed by atoms with E-state index in [2.05, 4.69) is 35.4 Å². The first-order valence-corrected chi connectivity index (χ1v) is 7.48. The van der Waals surface area contributed by atoms with Gasteiger partial charge in [-0.2, -0.15) is 5.26 Å². The van der Waals surface area contributed by atoms with Gasteiger partial charge in [-0.1, -0.05) is 29.8 Å². The number of nitriles is 1. The molecule has 1 N–H and O–H groups in total. The Morgan fingerprint density at radius 2 is 2.17 bits per heavy atom. The van der Waals surface area contributed by atoms with Gasteiger partial charge in [0.2, 0.25) is 5.91 Å². The molecule has 2 aromatic rings. The van der Waals surface area contributed by atoms with E-state index in [1.165, 1.54) is 17.3 Å². The predicted octanol–water partition coefficient (Wildman–Crippen LogP) is 2.06. The number of hydrogen-bond acceptors (Lipinski definition) is 4. The van der Waals surface area contributed by atoms with Crippen molar-refractivity contribution >= 4 is 11.7 Å². The summed E-state index contributed by atoms with van der Waals surface area (Å²) in [5.41, 5.74) is 2.94. The Labute approximate surface area is 136 Å². The number of likely N-dealkylation sites (N-methyl/N-ethyl adjacent to an activating group) is 1. The van der Waals surface area contributed by atoms with Crippen molar-refractivity contribution in [1.82, 2.24) is 10.3 Å². The van der Waals surface area contributed by atoms with Crippen LogP contribution in [0.3, 0.4) is 0 Å². The number of rotatable bonds is 6. The Morgan fingerprint density at radius 3 is 2.83 bits per heavy atom. The van der Waals surface area contributed by atoms with Crippen molar-refractivity contribution in [3.63, 3.8) is 0 Å². The number of nitrogens with one attached hydrogen (secondary N) is 1. The third-order valence-corrected chi connectivity index (χ3v) is 3.47. The second kappa shape index (κ2) is 7.95. The van der Waals surface area contributed by atoms with Gasteiger partial charge in [-0.25, -0.2) is 4.98 Å². The summed E-state index contributed by atoms with van der Waals surface area (Å²) in [6.07, 6.45) is 2.31. The molecular weight excluding hydrogens is 288 g/mol. The minimum Gasteiger partial charge on any atom is -0.354 e. The second-order valence-electron chi connectivity index (χ2n) is 5.46. The van der Waals surface area contributed by atoms with Crippen LogP contribution in [0.4, 0.5) is 5.82 Å². The first kappa shape index (κ1) is 16.5. The summed E-state index contributed by atoms with van der Waals surface area (Å²) in [6, 6.07) is 13.7. The molecule has 1 heterocycles. The van der Waals surface area contributed by atoms with Crippen LogP contribution in [0.25, 0.3) is 0 Å². The van der Waals surface area contributed by atoms with Crippen molar-refractivity contribution < 1.29 is 4.79 Å². The lowest BCUT2D eigenvalue weighted by Gasteiger charge is -2.17. The van der Waals surface area contributed by atoms with Gasteiger partial charge in [0.1, 0.15) is 11.9 Å². The first-order valence-electron chi connectivity index (χ1n) is 7.48. The Kier molecular flexibility index (Phi) is 5.70. The number of pyridine rings is 1. The average molecular weight is 308 g/mol. The molecule has 0 aliphatic rings. The number of amides is 1. The highest BCUT2D eigenvalue weighted by molar-refractivity contribution is 5.80. The number of aryl methyl sites for hydroxylation is 1. The summed E-state index contributed by atoms with van der Waals surface area (Å²) in [5, 5.41) is 11.7. The fourth-order valence-electron chi connectivity index (χ4n) is 2.24. The number of aromatic nitrogens is 1. The van der Waals surface area contributed by atoms with Crippen LogP contribution < -0.4 is 10.2 Å². The number of nitrogens with zero attached hydrogens (tertiary/aromatic N) is 3. The fourth-order valence-corrected chi connectivity index (χ4v) is 2.24. The Balaban J connectivity index is 1.78. The number of benzene rings is 1. The van der Waals surface area contributed by atoms with Crippen LogP contribution in [0.1, 0.15) is 16.7 Å². The molecule has 0 spiro atoms. The Bertz CT molecular complexity index is 704. The van der Waals surface area contributed by atoms with E-state index in [1.54, 1.807) is 24.1 Å². The smallest absolute Gasteiger partial charge is 0.239 e. The molecule has 1 amide bonds. The minimum absolute atomic E-state index is 0.0497. The Hall–Kier alpha value is -2.87.